The highest BCUT2D eigenvalue weighted by Gasteiger charge is 2.21. The molecule has 2 rings (SSSR count). The van der Waals surface area contributed by atoms with E-state index >= 15 is 0 Å². The molecule has 0 aliphatic carbocycles. The predicted octanol–water partition coefficient (Wildman–Crippen LogP) is 2.14. The minimum Gasteiger partial charge on any atom is -0.491 e. The van der Waals surface area contributed by atoms with Gasteiger partial charge >= 0.3 is 5.97 Å². The molecule has 0 radical (unpaired) electrons. The van der Waals surface area contributed by atoms with Gasteiger partial charge in [0.2, 0.25) is 0 Å². The molecule has 0 spiro atoms. The molecule has 1 amide bonds. The van der Waals surface area contributed by atoms with Crippen LogP contribution in [0.3, 0.4) is 0 Å². The second kappa shape index (κ2) is 9.44. The molecule has 0 aromatic heterocycles. The number of carboxylic acid groups (broad SMARTS) is 1. The van der Waals surface area contributed by atoms with Crippen molar-refractivity contribution in [2.24, 2.45) is 0 Å². The van der Waals surface area contributed by atoms with Crippen molar-refractivity contribution in [3.63, 3.8) is 0 Å². The number of rotatable bonds is 9. The first-order valence-corrected chi connectivity index (χ1v) is 7.89. The number of benzene rings is 2. The van der Waals surface area contributed by atoms with Crippen LogP contribution in [0.5, 0.6) is 5.75 Å². The maximum atomic E-state index is 12.4. The second-order valence-corrected chi connectivity index (χ2v) is 5.42. The minimum atomic E-state index is -1.08. The number of carbonyl (C=O) groups excluding carboxylic acids is 1. The van der Waals surface area contributed by atoms with E-state index < -0.39 is 17.9 Å². The van der Waals surface area contributed by atoms with Crippen LogP contribution in [0.15, 0.2) is 54.6 Å². The predicted molar refractivity (Wildman–Crippen MR) is 92.8 cm³/mol. The van der Waals surface area contributed by atoms with E-state index in [0.29, 0.717) is 24.5 Å². The highest BCUT2D eigenvalue weighted by atomic mass is 16.5. The van der Waals surface area contributed by atoms with Crippen LogP contribution in [-0.4, -0.2) is 43.3 Å². The van der Waals surface area contributed by atoms with E-state index in [0.717, 1.165) is 5.56 Å². The molecule has 1 atom stereocenters. The lowest BCUT2D eigenvalue weighted by molar-refractivity contribution is -0.139. The Labute approximate surface area is 146 Å². The number of aliphatic carboxylic acids is 1. The van der Waals surface area contributed by atoms with Gasteiger partial charge in [0.25, 0.3) is 5.91 Å². The van der Waals surface area contributed by atoms with Crippen molar-refractivity contribution in [3.05, 3.63) is 65.7 Å². The van der Waals surface area contributed by atoms with Crippen LogP contribution in [-0.2, 0) is 16.0 Å². The van der Waals surface area contributed by atoms with E-state index in [1.165, 1.54) is 0 Å². The van der Waals surface area contributed by atoms with Crippen LogP contribution < -0.4 is 10.1 Å². The topological polar surface area (TPSA) is 84.9 Å². The zero-order valence-electron chi connectivity index (χ0n) is 14.0. The first-order chi connectivity index (χ1) is 12.1. The normalized spacial score (nSPS) is 11.6. The number of carbonyl (C=O) groups is 2. The van der Waals surface area contributed by atoms with Crippen molar-refractivity contribution < 1.29 is 24.2 Å². The largest absolute Gasteiger partial charge is 0.491 e. The standard InChI is InChI=1S/C19H21NO5/c1-24-10-11-25-16-9-5-8-15(13-16)18(21)20-17(19(22)23)12-14-6-3-2-4-7-14/h2-9,13,17H,10-12H2,1H3,(H,20,21)(H,22,23)/t17-/m1/s1. The molecule has 132 valence electrons. The number of carboxylic acids is 1. The van der Waals surface area contributed by atoms with Gasteiger partial charge in [0.05, 0.1) is 6.61 Å². The van der Waals surface area contributed by atoms with Crippen molar-refractivity contribution in [3.8, 4) is 5.75 Å². The zero-order chi connectivity index (χ0) is 18.1. The lowest BCUT2D eigenvalue weighted by Gasteiger charge is -2.15. The van der Waals surface area contributed by atoms with E-state index in [1.54, 1.807) is 31.4 Å². The van der Waals surface area contributed by atoms with Gasteiger partial charge in [0.1, 0.15) is 18.4 Å². The molecule has 0 bridgehead atoms. The molecule has 0 unspecified atom stereocenters. The van der Waals surface area contributed by atoms with Gasteiger partial charge in [0.15, 0.2) is 0 Å². The molecular formula is C19H21NO5. The molecule has 25 heavy (non-hydrogen) atoms. The molecule has 0 fully saturated rings. The van der Waals surface area contributed by atoms with Crippen molar-refractivity contribution in [2.75, 3.05) is 20.3 Å². The summed E-state index contributed by atoms with van der Waals surface area (Å²) in [5.41, 5.74) is 1.18. The summed E-state index contributed by atoms with van der Waals surface area (Å²) in [6.45, 7) is 0.807. The molecule has 2 N–H and O–H groups in total. The second-order valence-electron chi connectivity index (χ2n) is 5.42. The van der Waals surface area contributed by atoms with Crippen LogP contribution in [0.1, 0.15) is 15.9 Å². The molecule has 2 aromatic rings. The molecule has 0 heterocycles. The van der Waals surface area contributed by atoms with Gasteiger partial charge in [-0.15, -0.1) is 0 Å². The summed E-state index contributed by atoms with van der Waals surface area (Å²) in [7, 11) is 1.58. The third-order valence-electron chi connectivity index (χ3n) is 3.54. The number of nitrogens with one attached hydrogen (secondary N) is 1. The van der Waals surface area contributed by atoms with Crippen LogP contribution in [0, 0.1) is 0 Å². The highest BCUT2D eigenvalue weighted by molar-refractivity contribution is 5.96. The van der Waals surface area contributed by atoms with E-state index in [-0.39, 0.29) is 6.42 Å². The first kappa shape index (κ1) is 18.5. The van der Waals surface area contributed by atoms with Gasteiger partial charge in [-0.3, -0.25) is 4.79 Å². The minimum absolute atomic E-state index is 0.214. The molecule has 6 nitrogen and oxygen atoms in total. The fourth-order valence-corrected chi connectivity index (χ4v) is 2.26. The third-order valence-corrected chi connectivity index (χ3v) is 3.54. The van der Waals surface area contributed by atoms with Crippen molar-refractivity contribution in [2.45, 2.75) is 12.5 Å². The van der Waals surface area contributed by atoms with Gasteiger partial charge in [-0.25, -0.2) is 4.79 Å². The van der Waals surface area contributed by atoms with Crippen molar-refractivity contribution >= 4 is 11.9 Å². The maximum Gasteiger partial charge on any atom is 0.326 e. The van der Waals surface area contributed by atoms with E-state index in [9.17, 15) is 14.7 Å². The average Bonchev–Trinajstić information content (AvgIpc) is 2.62. The molecule has 0 aliphatic rings. The summed E-state index contributed by atoms with van der Waals surface area (Å²) < 4.78 is 10.4. The molecule has 2 aromatic carbocycles. The van der Waals surface area contributed by atoms with Gasteiger partial charge in [-0.05, 0) is 23.8 Å². The van der Waals surface area contributed by atoms with Crippen LogP contribution in [0.25, 0.3) is 0 Å². The van der Waals surface area contributed by atoms with Crippen molar-refractivity contribution in [1.82, 2.24) is 5.32 Å². The highest BCUT2D eigenvalue weighted by Crippen LogP contribution is 2.14. The Kier molecular flexibility index (Phi) is 6.98. The number of methoxy groups -OCH3 is 1. The van der Waals surface area contributed by atoms with E-state index in [2.05, 4.69) is 5.32 Å². The Morgan fingerprint density at radius 2 is 1.84 bits per heavy atom. The third kappa shape index (κ3) is 5.93. The Morgan fingerprint density at radius 3 is 2.52 bits per heavy atom. The molecule has 6 heteroatoms. The lowest BCUT2D eigenvalue weighted by atomic mass is 10.1. The van der Waals surface area contributed by atoms with E-state index in [1.807, 2.05) is 30.3 Å². The number of hydrogen-bond donors (Lipinski definition) is 2. The summed E-state index contributed by atoms with van der Waals surface area (Å²) >= 11 is 0. The first-order valence-electron chi connectivity index (χ1n) is 7.89. The van der Waals surface area contributed by atoms with Crippen LogP contribution >= 0.6 is 0 Å². The number of hydrogen-bond acceptors (Lipinski definition) is 4. The quantitative estimate of drug-likeness (QED) is 0.682. The van der Waals surface area contributed by atoms with Gasteiger partial charge in [-0.2, -0.15) is 0 Å². The van der Waals surface area contributed by atoms with E-state index in [4.69, 9.17) is 9.47 Å². The number of ether oxygens (including phenoxy) is 2. The SMILES string of the molecule is COCCOc1cccc(C(=O)N[C@H](Cc2ccccc2)C(=O)O)c1. The van der Waals surface area contributed by atoms with Crippen LogP contribution in [0.2, 0.25) is 0 Å². The van der Waals surface area contributed by atoms with Crippen molar-refractivity contribution in [1.29, 1.82) is 0 Å². The zero-order valence-corrected chi connectivity index (χ0v) is 14.0. The van der Waals surface area contributed by atoms with Gasteiger partial charge < -0.3 is 19.9 Å². The lowest BCUT2D eigenvalue weighted by Crippen LogP contribution is -2.42. The smallest absolute Gasteiger partial charge is 0.326 e. The molecule has 0 saturated carbocycles. The molecule has 0 saturated heterocycles. The van der Waals surface area contributed by atoms with Gasteiger partial charge in [0, 0.05) is 19.1 Å². The fraction of sp³-hybridized carbons (Fsp3) is 0.263. The molecular weight excluding hydrogens is 322 g/mol. The summed E-state index contributed by atoms with van der Waals surface area (Å²) in [6.07, 6.45) is 0.214. The summed E-state index contributed by atoms with van der Waals surface area (Å²) in [4.78, 5) is 23.8. The Morgan fingerprint density at radius 1 is 1.08 bits per heavy atom. The fourth-order valence-electron chi connectivity index (χ4n) is 2.26. The monoisotopic (exact) mass is 343 g/mol. The molecule has 0 aliphatic heterocycles. The summed E-state index contributed by atoms with van der Waals surface area (Å²) in [6, 6.07) is 14.8. The summed E-state index contributed by atoms with van der Waals surface area (Å²) in [5, 5.41) is 11.9. The average molecular weight is 343 g/mol. The Balaban J connectivity index is 2.03. The maximum absolute atomic E-state index is 12.4. The Hall–Kier alpha value is -2.86. The summed E-state index contributed by atoms with van der Waals surface area (Å²) in [5.74, 6) is -1.01. The van der Waals surface area contributed by atoms with Gasteiger partial charge in [-0.1, -0.05) is 36.4 Å². The van der Waals surface area contributed by atoms with Crippen LogP contribution in [0.4, 0.5) is 0 Å². The Bertz CT molecular complexity index is 702. The number of amides is 1.